The van der Waals surface area contributed by atoms with Gasteiger partial charge in [-0.15, -0.1) is 0 Å². The predicted octanol–water partition coefficient (Wildman–Crippen LogP) is 2.80. The second kappa shape index (κ2) is 7.09. The minimum absolute atomic E-state index is 0.210. The van der Waals surface area contributed by atoms with Crippen LogP contribution < -0.4 is 0 Å². The van der Waals surface area contributed by atoms with Gasteiger partial charge in [-0.05, 0) is 25.8 Å². The van der Waals surface area contributed by atoms with Crippen molar-refractivity contribution in [3.8, 4) is 0 Å². The molecule has 0 saturated carbocycles. The molecule has 21 heavy (non-hydrogen) atoms. The highest BCUT2D eigenvalue weighted by Gasteiger charge is 2.30. The molecule has 1 aromatic heterocycles. The molecule has 1 aromatic rings. The zero-order valence-corrected chi connectivity index (χ0v) is 13.2. The third kappa shape index (κ3) is 3.86. The smallest absolute Gasteiger partial charge is 0.310 e. The number of piperidine rings is 1. The molecule has 0 unspecified atom stereocenters. The Morgan fingerprint density at radius 2 is 2.24 bits per heavy atom. The minimum Gasteiger partial charge on any atom is -0.466 e. The van der Waals surface area contributed by atoms with E-state index >= 15 is 0 Å². The standard InChI is InChI=1S/C14H16Cl2N2O3/c1-2-21-14(20)9-4-3-5-18(8-9)13(19)10-6-12(16)17-7-11(10)15/h6-7,9H,2-5,8H2,1H3/t9-/m0/s1. The normalized spacial score (nSPS) is 18.4. The summed E-state index contributed by atoms with van der Waals surface area (Å²) in [6.45, 7) is 3.04. The van der Waals surface area contributed by atoms with Crippen LogP contribution in [-0.2, 0) is 9.53 Å². The van der Waals surface area contributed by atoms with E-state index in [2.05, 4.69) is 4.98 Å². The van der Waals surface area contributed by atoms with Crippen LogP contribution in [0.25, 0.3) is 0 Å². The summed E-state index contributed by atoms with van der Waals surface area (Å²) >= 11 is 11.8. The Balaban J connectivity index is 2.12. The van der Waals surface area contributed by atoms with Crippen molar-refractivity contribution in [1.82, 2.24) is 9.88 Å². The van der Waals surface area contributed by atoms with Gasteiger partial charge in [-0.2, -0.15) is 0 Å². The first-order chi connectivity index (χ1) is 10.0. The number of hydrogen-bond donors (Lipinski definition) is 0. The van der Waals surface area contributed by atoms with E-state index in [1.165, 1.54) is 12.3 Å². The van der Waals surface area contributed by atoms with E-state index < -0.39 is 0 Å². The van der Waals surface area contributed by atoms with Crippen LogP contribution in [0.3, 0.4) is 0 Å². The van der Waals surface area contributed by atoms with Crippen LogP contribution in [0.5, 0.6) is 0 Å². The van der Waals surface area contributed by atoms with Crippen LogP contribution in [0, 0.1) is 5.92 Å². The minimum atomic E-state index is -0.279. The fraction of sp³-hybridized carbons (Fsp3) is 0.500. The highest BCUT2D eigenvalue weighted by molar-refractivity contribution is 6.35. The predicted molar refractivity (Wildman–Crippen MR) is 79.5 cm³/mol. The molecular formula is C14H16Cl2N2O3. The van der Waals surface area contributed by atoms with E-state index in [4.69, 9.17) is 27.9 Å². The Morgan fingerprint density at radius 3 is 2.95 bits per heavy atom. The van der Waals surface area contributed by atoms with Crippen molar-refractivity contribution in [2.75, 3.05) is 19.7 Å². The molecule has 114 valence electrons. The van der Waals surface area contributed by atoms with E-state index in [0.717, 1.165) is 12.8 Å². The van der Waals surface area contributed by atoms with Gasteiger partial charge in [-0.1, -0.05) is 23.2 Å². The third-order valence-corrected chi connectivity index (χ3v) is 3.89. The van der Waals surface area contributed by atoms with Crippen LogP contribution in [0.1, 0.15) is 30.1 Å². The van der Waals surface area contributed by atoms with Crippen molar-refractivity contribution >= 4 is 35.1 Å². The van der Waals surface area contributed by atoms with Gasteiger partial charge in [0.2, 0.25) is 0 Å². The molecule has 7 heteroatoms. The molecule has 1 saturated heterocycles. The maximum absolute atomic E-state index is 12.5. The summed E-state index contributed by atoms with van der Waals surface area (Å²) < 4.78 is 5.02. The lowest BCUT2D eigenvalue weighted by Crippen LogP contribution is -2.42. The van der Waals surface area contributed by atoms with Crippen LogP contribution >= 0.6 is 23.2 Å². The number of nitrogens with zero attached hydrogens (tertiary/aromatic N) is 2. The van der Waals surface area contributed by atoms with Crippen molar-refractivity contribution in [2.45, 2.75) is 19.8 Å². The molecular weight excluding hydrogens is 315 g/mol. The van der Waals surface area contributed by atoms with Gasteiger partial charge in [0.15, 0.2) is 0 Å². The highest BCUT2D eigenvalue weighted by Crippen LogP contribution is 2.24. The van der Waals surface area contributed by atoms with Crippen LogP contribution in [0.15, 0.2) is 12.3 Å². The lowest BCUT2D eigenvalue weighted by atomic mass is 9.97. The lowest BCUT2D eigenvalue weighted by molar-refractivity contribution is -0.149. The zero-order chi connectivity index (χ0) is 15.4. The number of carbonyl (C=O) groups is 2. The van der Waals surface area contributed by atoms with Crippen LogP contribution in [0.2, 0.25) is 10.2 Å². The maximum atomic E-state index is 12.5. The molecule has 2 rings (SSSR count). The van der Waals surface area contributed by atoms with E-state index in [9.17, 15) is 9.59 Å². The van der Waals surface area contributed by atoms with E-state index in [1.807, 2.05) is 0 Å². The molecule has 0 spiro atoms. The number of esters is 1. The number of ether oxygens (including phenoxy) is 1. The summed E-state index contributed by atoms with van der Waals surface area (Å²) in [7, 11) is 0. The average Bonchev–Trinajstić information content (AvgIpc) is 2.49. The Hall–Kier alpha value is -1.33. The van der Waals surface area contributed by atoms with Crippen LogP contribution in [-0.4, -0.2) is 41.5 Å². The highest BCUT2D eigenvalue weighted by atomic mass is 35.5. The molecule has 0 bridgehead atoms. The van der Waals surface area contributed by atoms with Crippen molar-refractivity contribution in [1.29, 1.82) is 0 Å². The van der Waals surface area contributed by atoms with Crippen molar-refractivity contribution < 1.29 is 14.3 Å². The number of pyridine rings is 1. The van der Waals surface area contributed by atoms with Gasteiger partial charge in [-0.25, -0.2) is 4.98 Å². The third-order valence-electron chi connectivity index (χ3n) is 3.38. The number of aromatic nitrogens is 1. The molecule has 1 fully saturated rings. The molecule has 0 aromatic carbocycles. The van der Waals surface area contributed by atoms with Gasteiger partial charge >= 0.3 is 5.97 Å². The fourth-order valence-electron chi connectivity index (χ4n) is 2.36. The average molecular weight is 331 g/mol. The number of likely N-dealkylation sites (tertiary alicyclic amines) is 1. The number of amides is 1. The molecule has 0 radical (unpaired) electrons. The monoisotopic (exact) mass is 330 g/mol. The first-order valence-electron chi connectivity index (χ1n) is 6.80. The molecule has 1 amide bonds. The Kier molecular flexibility index (Phi) is 5.42. The summed E-state index contributed by atoms with van der Waals surface area (Å²) in [6, 6.07) is 1.44. The van der Waals surface area contributed by atoms with Crippen molar-refractivity contribution in [3.63, 3.8) is 0 Å². The number of carbonyl (C=O) groups excluding carboxylic acids is 2. The summed E-state index contributed by atoms with van der Waals surface area (Å²) in [6.07, 6.45) is 2.84. The fourth-order valence-corrected chi connectivity index (χ4v) is 2.70. The zero-order valence-electron chi connectivity index (χ0n) is 11.6. The Labute approximate surface area is 133 Å². The SMILES string of the molecule is CCOC(=O)[C@H]1CCCN(C(=O)c2cc(Cl)ncc2Cl)C1. The van der Waals surface area contributed by atoms with Gasteiger partial charge in [0.1, 0.15) is 5.15 Å². The number of rotatable bonds is 3. The van der Waals surface area contributed by atoms with Crippen molar-refractivity contribution in [2.24, 2.45) is 5.92 Å². The molecule has 2 heterocycles. The van der Waals surface area contributed by atoms with Crippen LogP contribution in [0.4, 0.5) is 0 Å². The quantitative estimate of drug-likeness (QED) is 0.631. The summed E-state index contributed by atoms with van der Waals surface area (Å²) in [5, 5.41) is 0.462. The molecule has 0 N–H and O–H groups in total. The number of halogens is 2. The van der Waals surface area contributed by atoms with Gasteiger partial charge in [0, 0.05) is 19.3 Å². The second-order valence-electron chi connectivity index (χ2n) is 4.83. The maximum Gasteiger partial charge on any atom is 0.310 e. The lowest BCUT2D eigenvalue weighted by Gasteiger charge is -2.31. The first-order valence-corrected chi connectivity index (χ1v) is 7.55. The topological polar surface area (TPSA) is 59.5 Å². The van der Waals surface area contributed by atoms with E-state index in [1.54, 1.807) is 11.8 Å². The molecule has 1 atom stereocenters. The van der Waals surface area contributed by atoms with Gasteiger partial charge in [-0.3, -0.25) is 9.59 Å². The summed E-state index contributed by atoms with van der Waals surface area (Å²) in [5.41, 5.74) is 0.307. The molecule has 0 aliphatic carbocycles. The second-order valence-corrected chi connectivity index (χ2v) is 5.62. The van der Waals surface area contributed by atoms with Gasteiger partial charge in [0.25, 0.3) is 5.91 Å². The number of hydrogen-bond acceptors (Lipinski definition) is 4. The van der Waals surface area contributed by atoms with E-state index in [0.29, 0.717) is 25.3 Å². The largest absolute Gasteiger partial charge is 0.466 e. The van der Waals surface area contributed by atoms with Crippen molar-refractivity contribution in [3.05, 3.63) is 28.0 Å². The summed E-state index contributed by atoms with van der Waals surface area (Å²) in [5.74, 6) is -0.772. The van der Waals surface area contributed by atoms with Gasteiger partial charge in [0.05, 0.1) is 23.1 Å². The van der Waals surface area contributed by atoms with E-state index in [-0.39, 0.29) is 28.0 Å². The summed E-state index contributed by atoms with van der Waals surface area (Å²) in [4.78, 5) is 29.7. The Bertz CT molecular complexity index is 551. The molecule has 1 aliphatic heterocycles. The molecule has 1 aliphatic rings. The molecule has 5 nitrogen and oxygen atoms in total. The first kappa shape index (κ1) is 16.0. The van der Waals surface area contributed by atoms with Gasteiger partial charge < -0.3 is 9.64 Å². The Morgan fingerprint density at radius 1 is 1.48 bits per heavy atom.